The van der Waals surface area contributed by atoms with Crippen molar-refractivity contribution in [2.75, 3.05) is 33.8 Å². The van der Waals surface area contributed by atoms with Gasteiger partial charge in [-0.15, -0.1) is 0 Å². The fourth-order valence-corrected chi connectivity index (χ4v) is 2.65. The number of hydrogen-bond donors (Lipinski definition) is 2. The van der Waals surface area contributed by atoms with Crippen LogP contribution in [-0.4, -0.2) is 56.8 Å². The highest BCUT2D eigenvalue weighted by atomic mass is 16.5. The van der Waals surface area contributed by atoms with Gasteiger partial charge >= 0.3 is 0 Å². The van der Waals surface area contributed by atoms with E-state index in [1.54, 1.807) is 0 Å². The van der Waals surface area contributed by atoms with Gasteiger partial charge in [0.05, 0.1) is 12.7 Å². The van der Waals surface area contributed by atoms with Crippen molar-refractivity contribution in [3.05, 3.63) is 29.8 Å². The Bertz CT molecular complexity index is 505. The molecule has 2 rings (SSSR count). The molecule has 3 N–H and O–H groups in total. The molecule has 0 saturated carbocycles. The maximum atomic E-state index is 12.1. The van der Waals surface area contributed by atoms with E-state index in [1.807, 2.05) is 24.3 Å². The molecule has 24 heavy (non-hydrogen) atoms. The van der Waals surface area contributed by atoms with Crippen LogP contribution in [0, 0.1) is 0 Å². The summed E-state index contributed by atoms with van der Waals surface area (Å²) >= 11 is 0. The molecule has 0 bridgehead atoms. The summed E-state index contributed by atoms with van der Waals surface area (Å²) in [6.45, 7) is 2.68. The quantitative estimate of drug-likeness (QED) is 0.662. The van der Waals surface area contributed by atoms with Gasteiger partial charge in [0.1, 0.15) is 11.9 Å². The second-order valence-corrected chi connectivity index (χ2v) is 6.43. The largest absolute Gasteiger partial charge is 0.494 e. The molecule has 134 valence electrons. The first-order valence-electron chi connectivity index (χ1n) is 8.58. The Kier molecular flexibility index (Phi) is 7.49. The molecule has 0 spiro atoms. The van der Waals surface area contributed by atoms with E-state index in [1.165, 1.54) is 0 Å². The fraction of sp³-hybridized carbons (Fsp3) is 0.611. The van der Waals surface area contributed by atoms with Crippen LogP contribution in [0.1, 0.15) is 24.8 Å². The number of nitrogens with zero attached hydrogens (tertiary/aromatic N) is 1. The maximum absolute atomic E-state index is 12.1. The van der Waals surface area contributed by atoms with Crippen LogP contribution in [0.15, 0.2) is 24.3 Å². The summed E-state index contributed by atoms with van der Waals surface area (Å²) in [4.78, 5) is 14.2. The third-order valence-electron chi connectivity index (χ3n) is 4.07. The average molecular weight is 335 g/mol. The lowest BCUT2D eigenvalue weighted by Crippen LogP contribution is -2.35. The van der Waals surface area contributed by atoms with Gasteiger partial charge in [0, 0.05) is 19.6 Å². The third-order valence-corrected chi connectivity index (χ3v) is 4.07. The number of hydrogen-bond acceptors (Lipinski definition) is 5. The van der Waals surface area contributed by atoms with Gasteiger partial charge in [-0.3, -0.25) is 4.79 Å². The Morgan fingerprint density at radius 2 is 2.08 bits per heavy atom. The molecule has 6 nitrogen and oxygen atoms in total. The summed E-state index contributed by atoms with van der Waals surface area (Å²) in [5, 5.41) is 2.92. The molecular formula is C18H29N3O3. The molecule has 1 amide bonds. The highest BCUT2D eigenvalue weighted by molar-refractivity contribution is 5.81. The number of nitrogens with one attached hydrogen (secondary N) is 1. The van der Waals surface area contributed by atoms with Crippen molar-refractivity contribution in [1.29, 1.82) is 0 Å². The van der Waals surface area contributed by atoms with E-state index in [0.29, 0.717) is 19.7 Å². The Hall–Kier alpha value is -1.63. The molecule has 1 saturated heterocycles. The minimum atomic E-state index is -0.363. The molecule has 1 aromatic carbocycles. The number of benzene rings is 1. The molecule has 0 aromatic heterocycles. The van der Waals surface area contributed by atoms with E-state index in [4.69, 9.17) is 15.2 Å². The number of carbonyl (C=O) groups excluding carboxylic acids is 1. The molecule has 2 atom stereocenters. The number of ether oxygens (including phenoxy) is 2. The van der Waals surface area contributed by atoms with E-state index in [0.717, 1.165) is 37.1 Å². The standard InChI is InChI=1S/C18H29N3O3/c1-21(2)10-3-11-23-15-6-4-14(5-7-15)13-20-18(22)17-9-8-16(12-19)24-17/h4-7,16-17H,3,8-13,19H2,1-2H3,(H,20,22)/t16-,17+/m1/s1. The van der Waals surface area contributed by atoms with Crippen molar-refractivity contribution in [1.82, 2.24) is 10.2 Å². The zero-order chi connectivity index (χ0) is 17.4. The van der Waals surface area contributed by atoms with E-state index in [2.05, 4.69) is 24.3 Å². The van der Waals surface area contributed by atoms with Crippen LogP contribution in [0.2, 0.25) is 0 Å². The lowest BCUT2D eigenvalue weighted by Gasteiger charge is -2.13. The monoisotopic (exact) mass is 335 g/mol. The normalized spacial score (nSPS) is 20.3. The number of rotatable bonds is 9. The van der Waals surface area contributed by atoms with Crippen LogP contribution < -0.4 is 15.8 Å². The van der Waals surface area contributed by atoms with Crippen LogP contribution in [0.4, 0.5) is 0 Å². The van der Waals surface area contributed by atoms with Crippen LogP contribution in [0.3, 0.4) is 0 Å². The number of amides is 1. The number of carbonyl (C=O) groups is 1. The van der Waals surface area contributed by atoms with Gasteiger partial charge in [-0.05, 0) is 51.1 Å². The maximum Gasteiger partial charge on any atom is 0.249 e. The van der Waals surface area contributed by atoms with Crippen LogP contribution >= 0.6 is 0 Å². The topological polar surface area (TPSA) is 76.8 Å². The lowest BCUT2D eigenvalue weighted by atomic mass is 10.1. The molecular weight excluding hydrogens is 306 g/mol. The molecule has 1 heterocycles. The molecule has 1 aliphatic rings. The van der Waals surface area contributed by atoms with Gasteiger partial charge in [0.15, 0.2) is 0 Å². The first-order valence-corrected chi connectivity index (χ1v) is 8.58. The Morgan fingerprint density at radius 3 is 2.71 bits per heavy atom. The van der Waals surface area contributed by atoms with Crippen molar-refractivity contribution in [2.45, 2.75) is 38.0 Å². The lowest BCUT2D eigenvalue weighted by molar-refractivity contribution is -0.132. The van der Waals surface area contributed by atoms with E-state index >= 15 is 0 Å². The Balaban J connectivity index is 1.69. The van der Waals surface area contributed by atoms with Gasteiger partial charge in [-0.25, -0.2) is 0 Å². The Morgan fingerprint density at radius 1 is 1.33 bits per heavy atom. The highest BCUT2D eigenvalue weighted by Gasteiger charge is 2.29. The third kappa shape index (κ3) is 6.11. The molecule has 1 aromatic rings. The van der Waals surface area contributed by atoms with Crippen LogP contribution in [0.5, 0.6) is 5.75 Å². The zero-order valence-corrected chi connectivity index (χ0v) is 14.7. The average Bonchev–Trinajstić information content (AvgIpc) is 3.07. The zero-order valence-electron chi connectivity index (χ0n) is 14.7. The predicted octanol–water partition coefficient (Wildman–Crippen LogP) is 1.14. The van der Waals surface area contributed by atoms with Crippen molar-refractivity contribution in [2.24, 2.45) is 5.73 Å². The molecule has 0 unspecified atom stereocenters. The fourth-order valence-electron chi connectivity index (χ4n) is 2.65. The van der Waals surface area contributed by atoms with Gasteiger partial charge in [0.2, 0.25) is 5.91 Å². The summed E-state index contributed by atoms with van der Waals surface area (Å²) in [5.74, 6) is 0.795. The highest BCUT2D eigenvalue weighted by Crippen LogP contribution is 2.19. The van der Waals surface area contributed by atoms with E-state index in [-0.39, 0.29) is 18.1 Å². The van der Waals surface area contributed by atoms with Gasteiger partial charge in [-0.1, -0.05) is 12.1 Å². The van der Waals surface area contributed by atoms with Crippen LogP contribution in [-0.2, 0) is 16.1 Å². The van der Waals surface area contributed by atoms with Gasteiger partial charge < -0.3 is 25.4 Å². The van der Waals surface area contributed by atoms with Crippen molar-refractivity contribution < 1.29 is 14.3 Å². The minimum absolute atomic E-state index is 0.0182. The summed E-state index contributed by atoms with van der Waals surface area (Å²) in [7, 11) is 4.10. The summed E-state index contributed by atoms with van der Waals surface area (Å²) in [6, 6.07) is 7.82. The Labute approximate surface area is 144 Å². The van der Waals surface area contributed by atoms with Crippen molar-refractivity contribution in [3.8, 4) is 5.75 Å². The van der Waals surface area contributed by atoms with Gasteiger partial charge in [0.25, 0.3) is 0 Å². The second-order valence-electron chi connectivity index (χ2n) is 6.43. The molecule has 6 heteroatoms. The summed E-state index contributed by atoms with van der Waals surface area (Å²) < 4.78 is 11.3. The predicted molar refractivity (Wildman–Crippen MR) is 93.9 cm³/mol. The molecule has 1 fully saturated rings. The molecule has 0 radical (unpaired) electrons. The van der Waals surface area contributed by atoms with E-state index in [9.17, 15) is 4.79 Å². The summed E-state index contributed by atoms with van der Waals surface area (Å²) in [5.41, 5.74) is 6.60. The van der Waals surface area contributed by atoms with Crippen LogP contribution in [0.25, 0.3) is 0 Å². The smallest absolute Gasteiger partial charge is 0.249 e. The van der Waals surface area contributed by atoms with E-state index < -0.39 is 0 Å². The SMILES string of the molecule is CN(C)CCCOc1ccc(CNC(=O)[C@@H]2CC[C@H](CN)O2)cc1. The first kappa shape index (κ1) is 18.7. The van der Waals surface area contributed by atoms with Gasteiger partial charge in [-0.2, -0.15) is 0 Å². The second kappa shape index (κ2) is 9.61. The number of nitrogens with two attached hydrogens (primary N) is 1. The molecule has 0 aliphatic carbocycles. The summed E-state index contributed by atoms with van der Waals surface area (Å²) in [6.07, 6.45) is 2.25. The first-order chi connectivity index (χ1) is 11.6. The van der Waals surface area contributed by atoms with Crippen molar-refractivity contribution >= 4 is 5.91 Å². The van der Waals surface area contributed by atoms with Crippen molar-refractivity contribution in [3.63, 3.8) is 0 Å². The minimum Gasteiger partial charge on any atom is -0.494 e. The molecule has 1 aliphatic heterocycles.